The van der Waals surface area contributed by atoms with Gasteiger partial charge < -0.3 is 11.1 Å². The zero-order valence-electron chi connectivity index (χ0n) is 14.2. The quantitative estimate of drug-likeness (QED) is 0.878. The van der Waals surface area contributed by atoms with Crippen LogP contribution in [-0.2, 0) is 16.6 Å². The maximum atomic E-state index is 12.0. The first-order chi connectivity index (χ1) is 10.4. The number of carbonyl (C=O) groups is 1. The van der Waals surface area contributed by atoms with E-state index in [2.05, 4.69) is 50.4 Å². The van der Waals surface area contributed by atoms with Gasteiger partial charge in [-0.2, -0.15) is 0 Å². The molecule has 3 nitrogen and oxygen atoms in total. The van der Waals surface area contributed by atoms with Crippen LogP contribution >= 0.6 is 0 Å². The minimum atomic E-state index is 0.147. The first kappa shape index (κ1) is 17.0. The molecule has 1 aromatic carbocycles. The molecule has 0 spiro atoms. The van der Waals surface area contributed by atoms with E-state index in [1.165, 1.54) is 17.5 Å². The third-order valence-electron chi connectivity index (χ3n) is 4.72. The summed E-state index contributed by atoms with van der Waals surface area (Å²) in [5.74, 6) is 0.528. The van der Waals surface area contributed by atoms with Gasteiger partial charge in [0.25, 0.3) is 0 Å². The summed E-state index contributed by atoms with van der Waals surface area (Å²) in [6.45, 7) is 7.36. The Bertz CT molecular complexity index is 487. The van der Waals surface area contributed by atoms with Crippen molar-refractivity contribution in [2.24, 2.45) is 11.7 Å². The number of benzene rings is 1. The van der Waals surface area contributed by atoms with Crippen molar-refractivity contribution in [2.75, 3.05) is 6.54 Å². The molecule has 0 aromatic heterocycles. The maximum absolute atomic E-state index is 12.0. The molecule has 1 aromatic rings. The van der Waals surface area contributed by atoms with Crippen molar-refractivity contribution in [1.82, 2.24) is 5.32 Å². The van der Waals surface area contributed by atoms with Crippen LogP contribution in [0.2, 0.25) is 0 Å². The van der Waals surface area contributed by atoms with Crippen LogP contribution in [-0.4, -0.2) is 18.5 Å². The highest BCUT2D eigenvalue weighted by Crippen LogP contribution is 2.26. The van der Waals surface area contributed by atoms with E-state index in [1.807, 2.05) is 0 Å². The normalized spacial score (nSPS) is 21.8. The van der Waals surface area contributed by atoms with E-state index in [9.17, 15) is 4.79 Å². The second-order valence-corrected chi connectivity index (χ2v) is 7.61. The minimum Gasteiger partial charge on any atom is -0.356 e. The predicted octanol–water partition coefficient (Wildman–Crippen LogP) is 3.16. The minimum absolute atomic E-state index is 0.147. The number of nitrogens with one attached hydrogen (secondary N) is 1. The zero-order valence-corrected chi connectivity index (χ0v) is 14.2. The van der Waals surface area contributed by atoms with Crippen LogP contribution in [0.5, 0.6) is 0 Å². The third-order valence-corrected chi connectivity index (χ3v) is 4.72. The molecule has 0 aliphatic heterocycles. The topological polar surface area (TPSA) is 55.1 Å². The Hall–Kier alpha value is -1.35. The first-order valence-corrected chi connectivity index (χ1v) is 8.48. The van der Waals surface area contributed by atoms with Crippen molar-refractivity contribution < 1.29 is 4.79 Å². The summed E-state index contributed by atoms with van der Waals surface area (Å²) < 4.78 is 0. The van der Waals surface area contributed by atoms with E-state index in [1.54, 1.807) is 0 Å². The number of amides is 1. The molecule has 1 saturated carbocycles. The Labute approximate surface area is 134 Å². The molecule has 0 radical (unpaired) electrons. The molecular formula is C19H30N2O. The van der Waals surface area contributed by atoms with E-state index < -0.39 is 0 Å². The average Bonchev–Trinajstić information content (AvgIpc) is 2.84. The Kier molecular flexibility index (Phi) is 5.63. The fourth-order valence-corrected chi connectivity index (χ4v) is 3.15. The van der Waals surface area contributed by atoms with Crippen LogP contribution in [0.4, 0.5) is 0 Å². The van der Waals surface area contributed by atoms with Crippen LogP contribution in [0.15, 0.2) is 24.3 Å². The zero-order chi connectivity index (χ0) is 16.2. The summed E-state index contributed by atoms with van der Waals surface area (Å²) in [5.41, 5.74) is 8.82. The van der Waals surface area contributed by atoms with Crippen molar-refractivity contribution in [3.05, 3.63) is 35.4 Å². The summed E-state index contributed by atoms with van der Waals surface area (Å²) in [6.07, 6.45) is 4.80. The Morgan fingerprint density at radius 3 is 2.45 bits per heavy atom. The lowest BCUT2D eigenvalue weighted by molar-refractivity contribution is -0.122. The highest BCUT2D eigenvalue weighted by molar-refractivity contribution is 5.76. The summed E-state index contributed by atoms with van der Waals surface area (Å²) >= 11 is 0. The highest BCUT2D eigenvalue weighted by Gasteiger charge is 2.25. The maximum Gasteiger partial charge on any atom is 0.220 e. The smallest absolute Gasteiger partial charge is 0.220 e. The molecule has 0 bridgehead atoms. The van der Waals surface area contributed by atoms with Crippen LogP contribution in [0.3, 0.4) is 0 Å². The predicted molar refractivity (Wildman–Crippen MR) is 91.8 cm³/mol. The molecule has 122 valence electrons. The van der Waals surface area contributed by atoms with Gasteiger partial charge in [0, 0.05) is 19.0 Å². The first-order valence-electron chi connectivity index (χ1n) is 8.48. The van der Waals surface area contributed by atoms with Gasteiger partial charge in [-0.3, -0.25) is 4.79 Å². The van der Waals surface area contributed by atoms with Gasteiger partial charge in [-0.25, -0.2) is 0 Å². The van der Waals surface area contributed by atoms with Crippen LogP contribution in [0.25, 0.3) is 0 Å². The molecule has 2 atom stereocenters. The fourth-order valence-electron chi connectivity index (χ4n) is 3.15. The summed E-state index contributed by atoms with van der Waals surface area (Å²) in [7, 11) is 0. The van der Waals surface area contributed by atoms with Crippen molar-refractivity contribution in [1.29, 1.82) is 0 Å². The van der Waals surface area contributed by atoms with Gasteiger partial charge in [-0.1, -0.05) is 51.5 Å². The summed E-state index contributed by atoms with van der Waals surface area (Å²) in [4.78, 5) is 12.0. The molecule has 3 N–H and O–H groups in total. The lowest BCUT2D eigenvalue weighted by Crippen LogP contribution is -2.32. The molecule has 3 heteroatoms. The third kappa shape index (κ3) is 4.84. The molecule has 1 aliphatic rings. The number of hydrogen-bond acceptors (Lipinski definition) is 2. The van der Waals surface area contributed by atoms with Gasteiger partial charge >= 0.3 is 0 Å². The highest BCUT2D eigenvalue weighted by atomic mass is 16.1. The molecule has 1 amide bonds. The summed E-state index contributed by atoms with van der Waals surface area (Å²) in [5, 5.41) is 3.03. The number of hydrogen-bond donors (Lipinski definition) is 2. The fraction of sp³-hybridized carbons (Fsp3) is 0.632. The van der Waals surface area contributed by atoms with Crippen molar-refractivity contribution in [3.63, 3.8) is 0 Å². The molecular weight excluding hydrogens is 272 g/mol. The van der Waals surface area contributed by atoms with E-state index >= 15 is 0 Å². The Morgan fingerprint density at radius 2 is 1.91 bits per heavy atom. The van der Waals surface area contributed by atoms with Gasteiger partial charge in [0.15, 0.2) is 0 Å². The summed E-state index contributed by atoms with van der Waals surface area (Å²) in [6, 6.07) is 8.93. The van der Waals surface area contributed by atoms with E-state index in [0.717, 1.165) is 19.3 Å². The number of nitrogens with two attached hydrogens (primary N) is 1. The molecule has 2 rings (SSSR count). The average molecular weight is 302 g/mol. The lowest BCUT2D eigenvalue weighted by atomic mass is 9.86. The molecule has 1 fully saturated rings. The monoisotopic (exact) mass is 302 g/mol. The van der Waals surface area contributed by atoms with Crippen LogP contribution in [0, 0.1) is 5.92 Å². The van der Waals surface area contributed by atoms with Gasteiger partial charge in [0.2, 0.25) is 5.91 Å². The van der Waals surface area contributed by atoms with Gasteiger partial charge in [-0.15, -0.1) is 0 Å². The van der Waals surface area contributed by atoms with E-state index in [4.69, 9.17) is 5.73 Å². The molecule has 22 heavy (non-hydrogen) atoms. The molecule has 0 heterocycles. The van der Waals surface area contributed by atoms with Gasteiger partial charge in [-0.05, 0) is 41.7 Å². The van der Waals surface area contributed by atoms with E-state index in [0.29, 0.717) is 18.9 Å². The lowest BCUT2D eigenvalue weighted by Gasteiger charge is -2.19. The van der Waals surface area contributed by atoms with Crippen LogP contribution in [0.1, 0.15) is 57.6 Å². The van der Waals surface area contributed by atoms with Crippen LogP contribution < -0.4 is 11.1 Å². The molecule has 1 aliphatic carbocycles. The molecule has 0 unspecified atom stereocenters. The van der Waals surface area contributed by atoms with Crippen molar-refractivity contribution in [3.8, 4) is 0 Å². The Balaban J connectivity index is 1.73. The van der Waals surface area contributed by atoms with Crippen molar-refractivity contribution in [2.45, 2.75) is 64.3 Å². The van der Waals surface area contributed by atoms with E-state index in [-0.39, 0.29) is 17.4 Å². The molecule has 0 saturated heterocycles. The number of carbonyl (C=O) groups excluding carboxylic acids is 1. The van der Waals surface area contributed by atoms with Gasteiger partial charge in [0.1, 0.15) is 0 Å². The standard InChI is InChI=1S/C19H30N2O/c1-19(2,3)16-9-7-14(8-10-16)11-12-21-18(22)13-15-5-4-6-17(15)20/h7-10,15,17H,4-6,11-13,20H2,1-3H3,(H,21,22)/t15-,17+/m0/s1. The second-order valence-electron chi connectivity index (χ2n) is 7.61. The van der Waals surface area contributed by atoms with Crippen molar-refractivity contribution >= 4 is 5.91 Å². The SMILES string of the molecule is CC(C)(C)c1ccc(CCNC(=O)C[C@@H]2CCC[C@H]2N)cc1. The largest absolute Gasteiger partial charge is 0.356 e. The number of rotatable bonds is 5. The second kappa shape index (κ2) is 7.28. The van der Waals surface area contributed by atoms with Gasteiger partial charge in [0.05, 0.1) is 0 Å². The Morgan fingerprint density at radius 1 is 1.23 bits per heavy atom.